The fourth-order valence-corrected chi connectivity index (χ4v) is 1.30. The van der Waals surface area contributed by atoms with E-state index in [2.05, 4.69) is 16.5 Å². The third-order valence-electron chi connectivity index (χ3n) is 2.36. The molecule has 1 aromatic rings. The zero-order valence-electron chi connectivity index (χ0n) is 7.45. The standard InChI is InChI=1S/C9H15N3/c1-12-9(4-5-11-12)7-10-6-8-2-3-8/h4-5,8,10H,2-3,6-7H2,1H3. The van der Waals surface area contributed by atoms with Crippen LogP contribution in [0.1, 0.15) is 18.5 Å². The van der Waals surface area contributed by atoms with E-state index in [9.17, 15) is 0 Å². The Morgan fingerprint density at radius 1 is 1.67 bits per heavy atom. The van der Waals surface area contributed by atoms with Gasteiger partial charge in [-0.1, -0.05) is 0 Å². The van der Waals surface area contributed by atoms with Crippen molar-refractivity contribution in [3.05, 3.63) is 18.0 Å². The van der Waals surface area contributed by atoms with Crippen molar-refractivity contribution in [2.75, 3.05) is 6.54 Å². The zero-order chi connectivity index (χ0) is 8.39. The highest BCUT2D eigenvalue weighted by atomic mass is 15.3. The van der Waals surface area contributed by atoms with Crippen molar-refractivity contribution in [2.24, 2.45) is 13.0 Å². The molecule has 3 nitrogen and oxygen atoms in total. The molecule has 0 saturated heterocycles. The van der Waals surface area contributed by atoms with E-state index in [1.165, 1.54) is 25.1 Å². The van der Waals surface area contributed by atoms with E-state index in [0.717, 1.165) is 12.5 Å². The summed E-state index contributed by atoms with van der Waals surface area (Å²) in [6.07, 6.45) is 4.67. The highest BCUT2D eigenvalue weighted by Crippen LogP contribution is 2.27. The van der Waals surface area contributed by atoms with Crippen LogP contribution in [0.25, 0.3) is 0 Å². The highest BCUT2D eigenvalue weighted by molar-refractivity contribution is 4.99. The van der Waals surface area contributed by atoms with Crippen LogP contribution in [0.3, 0.4) is 0 Å². The van der Waals surface area contributed by atoms with Crippen LogP contribution >= 0.6 is 0 Å². The second-order valence-electron chi connectivity index (χ2n) is 3.52. The molecule has 1 aromatic heterocycles. The van der Waals surface area contributed by atoms with Crippen LogP contribution in [0.2, 0.25) is 0 Å². The monoisotopic (exact) mass is 165 g/mol. The molecule has 0 atom stereocenters. The lowest BCUT2D eigenvalue weighted by atomic mass is 10.4. The highest BCUT2D eigenvalue weighted by Gasteiger charge is 2.20. The van der Waals surface area contributed by atoms with Gasteiger partial charge in [0.05, 0.1) is 5.69 Å². The molecule has 0 amide bonds. The summed E-state index contributed by atoms with van der Waals surface area (Å²) in [5.74, 6) is 0.957. The van der Waals surface area contributed by atoms with Crippen LogP contribution in [0.5, 0.6) is 0 Å². The van der Waals surface area contributed by atoms with Gasteiger partial charge in [0.15, 0.2) is 0 Å². The van der Waals surface area contributed by atoms with Gasteiger partial charge in [0.25, 0.3) is 0 Å². The van der Waals surface area contributed by atoms with Crippen molar-refractivity contribution in [1.29, 1.82) is 0 Å². The van der Waals surface area contributed by atoms with Gasteiger partial charge < -0.3 is 5.32 Å². The average molecular weight is 165 g/mol. The lowest BCUT2D eigenvalue weighted by Crippen LogP contribution is -2.18. The van der Waals surface area contributed by atoms with Gasteiger partial charge in [-0.2, -0.15) is 5.10 Å². The minimum atomic E-state index is 0.951. The molecule has 0 bridgehead atoms. The topological polar surface area (TPSA) is 29.9 Å². The summed E-state index contributed by atoms with van der Waals surface area (Å²) >= 11 is 0. The van der Waals surface area contributed by atoms with Crippen LogP contribution in [0.15, 0.2) is 12.3 Å². The first-order valence-electron chi connectivity index (χ1n) is 4.54. The van der Waals surface area contributed by atoms with Gasteiger partial charge in [-0.25, -0.2) is 0 Å². The van der Waals surface area contributed by atoms with Gasteiger partial charge in [0.2, 0.25) is 0 Å². The summed E-state index contributed by atoms with van der Waals surface area (Å²) < 4.78 is 1.92. The summed E-state index contributed by atoms with van der Waals surface area (Å²) in [5.41, 5.74) is 1.26. The first-order valence-corrected chi connectivity index (χ1v) is 4.54. The molecule has 0 spiro atoms. The van der Waals surface area contributed by atoms with Gasteiger partial charge >= 0.3 is 0 Å². The number of aromatic nitrogens is 2. The Morgan fingerprint density at radius 2 is 2.50 bits per heavy atom. The van der Waals surface area contributed by atoms with E-state index in [1.807, 2.05) is 17.9 Å². The number of rotatable bonds is 4. The predicted molar refractivity (Wildman–Crippen MR) is 47.6 cm³/mol. The molecule has 1 N–H and O–H groups in total. The van der Waals surface area contributed by atoms with Crippen LogP contribution in [-0.2, 0) is 13.6 Å². The van der Waals surface area contributed by atoms with Gasteiger partial charge in [0.1, 0.15) is 0 Å². The molecule has 1 heterocycles. The third kappa shape index (κ3) is 1.85. The fourth-order valence-electron chi connectivity index (χ4n) is 1.30. The van der Waals surface area contributed by atoms with Crippen molar-refractivity contribution >= 4 is 0 Å². The van der Waals surface area contributed by atoms with Crippen molar-refractivity contribution in [1.82, 2.24) is 15.1 Å². The first kappa shape index (κ1) is 7.80. The van der Waals surface area contributed by atoms with E-state index in [-0.39, 0.29) is 0 Å². The molecule has 2 rings (SSSR count). The van der Waals surface area contributed by atoms with E-state index < -0.39 is 0 Å². The van der Waals surface area contributed by atoms with Crippen LogP contribution < -0.4 is 5.32 Å². The summed E-state index contributed by atoms with van der Waals surface area (Å²) in [5, 5.41) is 7.54. The molecule has 1 aliphatic rings. The third-order valence-corrected chi connectivity index (χ3v) is 2.36. The van der Waals surface area contributed by atoms with Crippen LogP contribution in [-0.4, -0.2) is 16.3 Å². The molecule has 0 aromatic carbocycles. The molecule has 1 aliphatic carbocycles. The van der Waals surface area contributed by atoms with Crippen LogP contribution in [0, 0.1) is 5.92 Å². The van der Waals surface area contributed by atoms with E-state index in [4.69, 9.17) is 0 Å². The lowest BCUT2D eigenvalue weighted by molar-refractivity contribution is 0.599. The molecule has 0 unspecified atom stereocenters. The van der Waals surface area contributed by atoms with E-state index >= 15 is 0 Å². The molecule has 1 fully saturated rings. The van der Waals surface area contributed by atoms with Crippen molar-refractivity contribution < 1.29 is 0 Å². The molecule has 0 aliphatic heterocycles. The zero-order valence-corrected chi connectivity index (χ0v) is 7.45. The number of nitrogens with zero attached hydrogens (tertiary/aromatic N) is 2. The van der Waals surface area contributed by atoms with E-state index in [0.29, 0.717) is 0 Å². The van der Waals surface area contributed by atoms with Gasteiger partial charge in [-0.05, 0) is 31.4 Å². The maximum absolute atomic E-state index is 4.11. The Bertz CT molecular complexity index is 250. The largest absolute Gasteiger partial charge is 0.311 e. The Labute approximate surface area is 72.8 Å². The maximum atomic E-state index is 4.11. The number of hydrogen-bond donors (Lipinski definition) is 1. The van der Waals surface area contributed by atoms with Gasteiger partial charge in [-0.15, -0.1) is 0 Å². The minimum absolute atomic E-state index is 0.951. The lowest BCUT2D eigenvalue weighted by Gasteiger charge is -2.03. The molecule has 66 valence electrons. The van der Waals surface area contributed by atoms with Gasteiger partial charge in [0, 0.05) is 19.8 Å². The first-order chi connectivity index (χ1) is 5.86. The Kier molecular flexibility index (Phi) is 2.13. The summed E-state index contributed by atoms with van der Waals surface area (Å²) in [7, 11) is 1.98. The normalized spacial score (nSPS) is 16.8. The Hall–Kier alpha value is -0.830. The van der Waals surface area contributed by atoms with E-state index in [1.54, 1.807) is 0 Å². The molecular formula is C9H15N3. The summed E-state index contributed by atoms with van der Waals surface area (Å²) in [6, 6.07) is 2.06. The number of nitrogens with one attached hydrogen (secondary N) is 1. The average Bonchev–Trinajstić information content (AvgIpc) is 2.78. The summed E-state index contributed by atoms with van der Waals surface area (Å²) in [6.45, 7) is 2.12. The molecule has 0 radical (unpaired) electrons. The Balaban J connectivity index is 1.75. The second kappa shape index (κ2) is 3.27. The fraction of sp³-hybridized carbons (Fsp3) is 0.667. The number of hydrogen-bond acceptors (Lipinski definition) is 2. The maximum Gasteiger partial charge on any atom is 0.0518 e. The second-order valence-corrected chi connectivity index (χ2v) is 3.52. The molecular weight excluding hydrogens is 150 g/mol. The molecule has 3 heteroatoms. The smallest absolute Gasteiger partial charge is 0.0518 e. The van der Waals surface area contributed by atoms with Crippen molar-refractivity contribution in [3.8, 4) is 0 Å². The van der Waals surface area contributed by atoms with Crippen molar-refractivity contribution in [3.63, 3.8) is 0 Å². The summed E-state index contributed by atoms with van der Waals surface area (Å²) in [4.78, 5) is 0. The van der Waals surface area contributed by atoms with Crippen molar-refractivity contribution in [2.45, 2.75) is 19.4 Å². The molecule has 12 heavy (non-hydrogen) atoms. The Morgan fingerprint density at radius 3 is 3.08 bits per heavy atom. The SMILES string of the molecule is Cn1nccc1CNCC1CC1. The predicted octanol–water partition coefficient (Wildman–Crippen LogP) is 0.920. The molecule has 1 saturated carbocycles. The quantitative estimate of drug-likeness (QED) is 0.719. The van der Waals surface area contributed by atoms with Gasteiger partial charge in [-0.3, -0.25) is 4.68 Å². The van der Waals surface area contributed by atoms with Crippen LogP contribution in [0.4, 0.5) is 0 Å². The number of aryl methyl sites for hydroxylation is 1. The minimum Gasteiger partial charge on any atom is -0.311 e.